The third-order valence-electron chi connectivity index (χ3n) is 10.6. The van der Waals surface area contributed by atoms with Gasteiger partial charge in [0.2, 0.25) is 5.60 Å². The highest BCUT2D eigenvalue weighted by Crippen LogP contribution is 2.51. The van der Waals surface area contributed by atoms with Crippen molar-refractivity contribution in [3.63, 3.8) is 0 Å². The molecule has 0 amide bonds. The van der Waals surface area contributed by atoms with E-state index in [1.165, 1.54) is 28.7 Å². The van der Waals surface area contributed by atoms with Crippen molar-refractivity contribution >= 4 is 61.2 Å². The molecule has 2 fully saturated rings. The number of ether oxygens (including phenoxy) is 1. The second-order valence-electron chi connectivity index (χ2n) is 14.0. The van der Waals surface area contributed by atoms with Gasteiger partial charge in [0.15, 0.2) is 0 Å². The van der Waals surface area contributed by atoms with Crippen LogP contribution in [-0.4, -0.2) is 78.4 Å². The first-order valence-electron chi connectivity index (χ1n) is 17.5. The van der Waals surface area contributed by atoms with Gasteiger partial charge in [-0.1, -0.05) is 40.8 Å². The number of fused-ring (bicyclic) bond motifs is 2. The Balaban J connectivity index is 0.774. The molecule has 8 rings (SSSR count). The fraction of sp³-hybridized carbons (Fsp3) is 0.405. The smallest absolute Gasteiger partial charge is 0.349 e. The largest absolute Gasteiger partial charge is 0.506 e. The topological polar surface area (TPSA) is 166 Å². The molecule has 1 atom stereocenters. The summed E-state index contributed by atoms with van der Waals surface area (Å²) >= 11 is 3.70. The molecule has 5 heterocycles. The number of aromatic amines is 1. The third kappa shape index (κ3) is 6.82. The Kier molecular flexibility index (Phi) is 9.76. The minimum Gasteiger partial charge on any atom is -0.506 e. The molecule has 4 aromatic heterocycles. The molecule has 272 valence electrons. The summed E-state index contributed by atoms with van der Waals surface area (Å²) in [5.74, 6) is -0.592. The van der Waals surface area contributed by atoms with E-state index >= 15 is 0 Å². The van der Waals surface area contributed by atoms with Gasteiger partial charge >= 0.3 is 10.8 Å². The molecule has 12 nitrogen and oxygen atoms in total. The lowest BCUT2D eigenvalue weighted by atomic mass is 9.61. The maximum absolute atomic E-state index is 13.3. The Bertz CT molecular complexity index is 2180. The van der Waals surface area contributed by atoms with Crippen LogP contribution < -0.4 is 10.2 Å². The minimum atomic E-state index is -1.76. The summed E-state index contributed by atoms with van der Waals surface area (Å²) in [6.07, 6.45) is 3.80. The predicted octanol–water partition coefficient (Wildman–Crippen LogP) is 5.10. The Labute approximate surface area is 311 Å². The van der Waals surface area contributed by atoms with Crippen LogP contribution in [0.2, 0.25) is 0 Å². The molecule has 52 heavy (non-hydrogen) atoms. The van der Waals surface area contributed by atoms with Gasteiger partial charge in [-0.3, -0.25) is 4.79 Å². The van der Waals surface area contributed by atoms with E-state index in [1.807, 2.05) is 45.8 Å². The predicted molar refractivity (Wildman–Crippen MR) is 202 cm³/mol. The number of likely N-dealkylation sites (tertiary alicyclic amines) is 1. The average Bonchev–Trinajstić information content (AvgIpc) is 3.96. The molecular weight excluding hydrogens is 721 g/mol. The van der Waals surface area contributed by atoms with Gasteiger partial charge in [-0.25, -0.2) is 9.48 Å². The number of hydrogen-bond acceptors (Lipinski definition) is 13. The fourth-order valence-corrected chi connectivity index (χ4v) is 10.3. The summed E-state index contributed by atoms with van der Waals surface area (Å²) in [5, 5.41) is 48.2. The molecule has 15 heteroatoms. The number of aliphatic hydroxyl groups excluding tert-OH is 1. The van der Waals surface area contributed by atoms with Crippen LogP contribution >= 0.6 is 34.0 Å². The van der Waals surface area contributed by atoms with E-state index in [1.54, 1.807) is 18.2 Å². The van der Waals surface area contributed by atoms with Crippen LogP contribution in [0.4, 0.5) is 0 Å². The lowest BCUT2D eigenvalue weighted by Gasteiger charge is -2.51. The highest BCUT2D eigenvalue weighted by molar-refractivity contribution is 7.16. The van der Waals surface area contributed by atoms with Crippen molar-refractivity contribution in [1.29, 1.82) is 0 Å². The molecule has 0 bridgehead atoms. The number of nitrogens with one attached hydrogen (secondary N) is 2. The molecule has 1 saturated carbocycles. The van der Waals surface area contributed by atoms with Gasteiger partial charge in [0, 0.05) is 25.2 Å². The molecule has 5 N–H and O–H groups in total. The summed E-state index contributed by atoms with van der Waals surface area (Å²) in [5.41, 5.74) is 2.22. The van der Waals surface area contributed by atoms with Crippen molar-refractivity contribution in [3.05, 3.63) is 95.9 Å². The molecule has 2 aliphatic rings. The number of carbonyl (C=O) groups excluding carboxylic acids is 1. The van der Waals surface area contributed by atoms with Crippen molar-refractivity contribution in [3.8, 4) is 5.75 Å². The highest BCUT2D eigenvalue weighted by atomic mass is 32.1. The quantitative estimate of drug-likeness (QED) is 0.100. The number of phenols is 1. The van der Waals surface area contributed by atoms with E-state index in [4.69, 9.17) is 4.74 Å². The van der Waals surface area contributed by atoms with Crippen molar-refractivity contribution in [2.75, 3.05) is 26.2 Å². The molecule has 1 spiro atoms. The van der Waals surface area contributed by atoms with E-state index < -0.39 is 17.7 Å². The van der Waals surface area contributed by atoms with Gasteiger partial charge in [-0.2, -0.15) is 0 Å². The Morgan fingerprint density at radius 1 is 1.08 bits per heavy atom. The number of thiazole rings is 1. The monoisotopic (exact) mass is 760 g/mol. The number of H-pyrrole nitrogens is 1. The van der Waals surface area contributed by atoms with E-state index in [2.05, 4.69) is 25.5 Å². The van der Waals surface area contributed by atoms with Crippen LogP contribution in [0, 0.1) is 5.41 Å². The first-order valence-corrected chi connectivity index (χ1v) is 20.1. The number of piperidine rings is 1. The number of aliphatic hydroxyl groups is 2. The number of aryl methyl sites for hydroxylation is 1. The molecule has 2 aromatic carbocycles. The van der Waals surface area contributed by atoms with E-state index in [0.717, 1.165) is 86.2 Å². The Morgan fingerprint density at radius 3 is 2.54 bits per heavy atom. The molecule has 1 unspecified atom stereocenters. The van der Waals surface area contributed by atoms with Crippen LogP contribution in [0.25, 0.3) is 21.3 Å². The van der Waals surface area contributed by atoms with Gasteiger partial charge in [-0.05, 0) is 104 Å². The summed E-state index contributed by atoms with van der Waals surface area (Å²) in [4.78, 5) is 31.2. The number of thiophene rings is 2. The number of carbonyl (C=O) groups is 1. The van der Waals surface area contributed by atoms with Gasteiger partial charge in [0.1, 0.15) is 22.9 Å². The zero-order chi connectivity index (χ0) is 35.9. The Hall–Kier alpha value is -3.96. The lowest BCUT2D eigenvalue weighted by molar-refractivity contribution is -0.181. The summed E-state index contributed by atoms with van der Waals surface area (Å²) in [7, 11) is 0. The second kappa shape index (κ2) is 14.5. The van der Waals surface area contributed by atoms with Crippen molar-refractivity contribution in [2.24, 2.45) is 5.41 Å². The van der Waals surface area contributed by atoms with Gasteiger partial charge in [0.25, 0.3) is 0 Å². The number of benzene rings is 2. The number of phenolic OH excluding ortho intramolecular Hbond substituents is 1. The molecular formula is C37H40N6O6S3. The number of esters is 1. The zero-order valence-corrected chi connectivity index (χ0v) is 30.8. The SMILES string of the molecule is O=C(OC1CC2(CCN(CCCn3nnc4cc(CNCC(O)c5ccc(O)c6[nH]c(=O)sc56)ccc43)CC2)C1)C(O)(c1cccs1)c1cccs1. The number of nitrogens with zero attached hydrogens (tertiary/aromatic N) is 4. The van der Waals surface area contributed by atoms with E-state index in [0.29, 0.717) is 32.1 Å². The second-order valence-corrected chi connectivity index (χ2v) is 16.8. The lowest BCUT2D eigenvalue weighted by Crippen LogP contribution is -2.52. The van der Waals surface area contributed by atoms with Crippen LogP contribution in [0.3, 0.4) is 0 Å². The zero-order valence-electron chi connectivity index (χ0n) is 28.4. The van der Waals surface area contributed by atoms with E-state index in [-0.39, 0.29) is 28.7 Å². The van der Waals surface area contributed by atoms with Crippen LogP contribution in [-0.2, 0) is 28.2 Å². The van der Waals surface area contributed by atoms with E-state index in [9.17, 15) is 24.9 Å². The van der Waals surface area contributed by atoms with Crippen LogP contribution in [0.15, 0.2) is 70.2 Å². The molecule has 1 aliphatic carbocycles. The normalized spacial score (nSPS) is 17.2. The number of aromatic hydroxyl groups is 1. The first kappa shape index (κ1) is 35.1. The van der Waals surface area contributed by atoms with Gasteiger partial charge < -0.3 is 35.3 Å². The Morgan fingerprint density at radius 2 is 1.83 bits per heavy atom. The highest BCUT2D eigenvalue weighted by Gasteiger charge is 2.51. The standard InChI is InChI=1S/C37H40N6O6S3/c44-28-9-7-25(33-32(28)39-35(47)52-33)29(45)22-38-21-23-6-8-27-26(18-23)40-41-43(27)13-3-12-42-14-10-36(11-15-42)19-24(20-36)49-34(46)37(48,30-4-1-16-50-30)31-5-2-17-51-31/h1-2,4-9,16-18,24,29,38,44-45,48H,3,10-15,19-22H2,(H,39,47). The fourth-order valence-electron chi connectivity index (χ4n) is 7.68. The van der Waals surface area contributed by atoms with Crippen molar-refractivity contribution in [2.45, 2.75) is 63.0 Å². The molecule has 1 aliphatic heterocycles. The maximum atomic E-state index is 13.3. The van der Waals surface area contributed by atoms with Crippen molar-refractivity contribution in [1.82, 2.24) is 30.2 Å². The average molecular weight is 761 g/mol. The molecule has 1 saturated heterocycles. The summed E-state index contributed by atoms with van der Waals surface area (Å²) in [6, 6.07) is 16.5. The van der Waals surface area contributed by atoms with Crippen LogP contribution in [0.1, 0.15) is 59.1 Å². The number of rotatable bonds is 13. The molecule has 6 aromatic rings. The van der Waals surface area contributed by atoms with Crippen molar-refractivity contribution < 1.29 is 24.9 Å². The van der Waals surface area contributed by atoms with Gasteiger partial charge in [0.05, 0.1) is 26.1 Å². The molecule has 0 radical (unpaired) electrons. The third-order valence-corrected chi connectivity index (χ3v) is 13.5. The summed E-state index contributed by atoms with van der Waals surface area (Å²) in [6.45, 7) is 4.57. The first-order chi connectivity index (χ1) is 25.2. The minimum absolute atomic E-state index is 0.0140. The van der Waals surface area contributed by atoms with Crippen LogP contribution in [0.5, 0.6) is 5.75 Å². The number of aromatic nitrogens is 4. The number of hydrogen-bond donors (Lipinski definition) is 5. The maximum Gasteiger partial charge on any atom is 0.349 e. The van der Waals surface area contributed by atoms with Gasteiger partial charge in [-0.15, -0.1) is 27.8 Å². The summed E-state index contributed by atoms with van der Waals surface area (Å²) < 4.78 is 8.45.